The molecule has 0 spiro atoms. The molecule has 2 fully saturated rings. The number of nitrogens with zero attached hydrogens (tertiary/aromatic N) is 1. The number of carbonyl (C=O) groups is 2. The Kier molecular flexibility index (Phi) is 4.86. The normalized spacial score (nSPS) is 25.0. The van der Waals surface area contributed by atoms with Crippen LogP contribution in [-0.4, -0.2) is 39.0 Å². The maximum absolute atomic E-state index is 12.4. The molecule has 136 valence electrons. The van der Waals surface area contributed by atoms with Crippen LogP contribution in [0.4, 0.5) is 5.69 Å². The van der Waals surface area contributed by atoms with Gasteiger partial charge in [-0.2, -0.15) is 0 Å². The fraction of sp³-hybridized carbons (Fsp3) is 0.556. The Hall–Kier alpha value is -1.89. The average molecular weight is 364 g/mol. The van der Waals surface area contributed by atoms with E-state index in [9.17, 15) is 18.0 Å². The topological polar surface area (TPSA) is 83.6 Å². The first-order valence-corrected chi connectivity index (χ1v) is 10.5. The van der Waals surface area contributed by atoms with Crippen LogP contribution >= 0.6 is 0 Å². The van der Waals surface area contributed by atoms with Crippen LogP contribution in [0.1, 0.15) is 43.0 Å². The minimum atomic E-state index is -3.64. The van der Waals surface area contributed by atoms with Gasteiger partial charge in [0.1, 0.15) is 6.54 Å². The molecule has 2 aliphatic rings. The first kappa shape index (κ1) is 17.9. The van der Waals surface area contributed by atoms with E-state index >= 15 is 0 Å². The minimum absolute atomic E-state index is 0.151. The van der Waals surface area contributed by atoms with Crippen molar-refractivity contribution in [3.63, 3.8) is 0 Å². The lowest BCUT2D eigenvalue weighted by Crippen LogP contribution is -2.45. The van der Waals surface area contributed by atoms with E-state index < -0.39 is 10.0 Å². The summed E-state index contributed by atoms with van der Waals surface area (Å²) in [4.78, 5) is 24.0. The molecule has 2 bridgehead atoms. The van der Waals surface area contributed by atoms with Crippen molar-refractivity contribution < 1.29 is 18.0 Å². The zero-order valence-electron chi connectivity index (χ0n) is 14.6. The highest BCUT2D eigenvalue weighted by Crippen LogP contribution is 2.44. The molecule has 6 nitrogen and oxygen atoms in total. The molecule has 3 unspecified atom stereocenters. The molecule has 1 aromatic carbocycles. The van der Waals surface area contributed by atoms with Crippen molar-refractivity contribution in [1.82, 2.24) is 5.32 Å². The summed E-state index contributed by atoms with van der Waals surface area (Å²) in [5.41, 5.74) is 0.748. The zero-order chi connectivity index (χ0) is 18.2. The van der Waals surface area contributed by atoms with Crippen molar-refractivity contribution in [3.05, 3.63) is 29.8 Å². The third kappa shape index (κ3) is 4.03. The molecule has 0 aromatic heterocycles. The average Bonchev–Trinajstić information content (AvgIpc) is 3.14. The summed E-state index contributed by atoms with van der Waals surface area (Å²) in [7, 11) is -3.64. The van der Waals surface area contributed by atoms with Gasteiger partial charge in [-0.25, -0.2) is 8.42 Å². The Morgan fingerprint density at radius 3 is 2.56 bits per heavy atom. The standard InChI is InChI=1S/C18H24N2O4S/c1-12(21)14-4-3-5-16(10-14)20(25(2,23)24)11-18(22)19-17-9-13-6-7-15(17)8-13/h3-5,10,13,15,17H,6-9,11H2,1-2H3,(H,19,22). The van der Waals surface area contributed by atoms with Gasteiger partial charge in [-0.1, -0.05) is 18.6 Å². The molecule has 3 atom stereocenters. The van der Waals surface area contributed by atoms with E-state index in [0.717, 1.165) is 23.4 Å². The van der Waals surface area contributed by atoms with Gasteiger partial charge < -0.3 is 5.32 Å². The number of Topliss-reactive ketones (excluding diaryl/α,β-unsaturated/α-hetero) is 1. The molecule has 0 saturated heterocycles. The fourth-order valence-electron chi connectivity index (χ4n) is 4.08. The van der Waals surface area contributed by atoms with Gasteiger partial charge in [-0.05, 0) is 50.2 Å². The minimum Gasteiger partial charge on any atom is -0.352 e. The van der Waals surface area contributed by atoms with Crippen molar-refractivity contribution >= 4 is 27.4 Å². The number of hydrogen-bond donors (Lipinski definition) is 1. The van der Waals surface area contributed by atoms with Gasteiger partial charge in [-0.15, -0.1) is 0 Å². The predicted molar refractivity (Wildman–Crippen MR) is 96.0 cm³/mol. The van der Waals surface area contributed by atoms with Crippen LogP contribution in [0.25, 0.3) is 0 Å². The van der Waals surface area contributed by atoms with Crippen molar-refractivity contribution in [2.45, 2.75) is 38.6 Å². The van der Waals surface area contributed by atoms with Gasteiger partial charge in [-0.3, -0.25) is 13.9 Å². The molecule has 0 radical (unpaired) electrons. The second-order valence-corrected chi connectivity index (χ2v) is 9.13. The molecule has 0 heterocycles. The van der Waals surface area contributed by atoms with Crippen molar-refractivity contribution in [2.75, 3.05) is 17.1 Å². The molecule has 1 N–H and O–H groups in total. The summed E-state index contributed by atoms with van der Waals surface area (Å²) in [6.45, 7) is 1.15. The number of ketones is 1. The molecule has 2 saturated carbocycles. The number of nitrogens with one attached hydrogen (secondary N) is 1. The third-order valence-corrected chi connectivity index (χ3v) is 6.45. The maximum Gasteiger partial charge on any atom is 0.241 e. The van der Waals surface area contributed by atoms with Crippen LogP contribution in [0.3, 0.4) is 0 Å². The highest BCUT2D eigenvalue weighted by atomic mass is 32.2. The highest BCUT2D eigenvalue weighted by molar-refractivity contribution is 7.92. The first-order chi connectivity index (χ1) is 11.7. The summed E-state index contributed by atoms with van der Waals surface area (Å²) in [6, 6.07) is 6.52. The predicted octanol–water partition coefficient (Wildman–Crippen LogP) is 1.96. The van der Waals surface area contributed by atoms with E-state index in [2.05, 4.69) is 5.32 Å². The van der Waals surface area contributed by atoms with Crippen LogP contribution in [-0.2, 0) is 14.8 Å². The molecule has 1 aromatic rings. The van der Waals surface area contributed by atoms with E-state index in [-0.39, 0.29) is 24.3 Å². The number of hydrogen-bond acceptors (Lipinski definition) is 4. The second kappa shape index (κ2) is 6.78. The second-order valence-electron chi connectivity index (χ2n) is 7.23. The maximum atomic E-state index is 12.4. The van der Waals surface area contributed by atoms with Crippen molar-refractivity contribution in [1.29, 1.82) is 0 Å². The number of sulfonamides is 1. The van der Waals surface area contributed by atoms with E-state index in [1.54, 1.807) is 18.2 Å². The number of amides is 1. The van der Waals surface area contributed by atoms with Crippen LogP contribution in [0.5, 0.6) is 0 Å². The third-order valence-electron chi connectivity index (χ3n) is 5.31. The number of rotatable bonds is 6. The van der Waals surface area contributed by atoms with Gasteiger partial charge in [0, 0.05) is 11.6 Å². The lowest BCUT2D eigenvalue weighted by molar-refractivity contribution is -0.120. The van der Waals surface area contributed by atoms with Crippen LogP contribution in [0.2, 0.25) is 0 Å². The fourth-order valence-corrected chi connectivity index (χ4v) is 4.93. The Balaban J connectivity index is 1.74. The van der Waals surface area contributed by atoms with E-state index in [1.165, 1.54) is 25.8 Å². The Morgan fingerprint density at radius 2 is 2.00 bits per heavy atom. The lowest BCUT2D eigenvalue weighted by Gasteiger charge is -2.26. The lowest BCUT2D eigenvalue weighted by atomic mass is 9.95. The number of anilines is 1. The summed E-state index contributed by atoms with van der Waals surface area (Å²) in [5, 5.41) is 3.01. The molecular formula is C18H24N2O4S. The van der Waals surface area contributed by atoms with E-state index in [1.807, 2.05) is 0 Å². The Labute approximate surface area is 148 Å². The van der Waals surface area contributed by atoms with E-state index in [4.69, 9.17) is 0 Å². The summed E-state index contributed by atoms with van der Waals surface area (Å²) in [6.07, 6.45) is 5.62. The van der Waals surface area contributed by atoms with Gasteiger partial charge in [0.2, 0.25) is 15.9 Å². The SMILES string of the molecule is CC(=O)c1cccc(N(CC(=O)NC2CC3CCC2C3)S(C)(=O)=O)c1. The van der Waals surface area contributed by atoms with Crippen LogP contribution in [0, 0.1) is 11.8 Å². The molecule has 25 heavy (non-hydrogen) atoms. The molecule has 1 amide bonds. The van der Waals surface area contributed by atoms with Gasteiger partial charge in [0.25, 0.3) is 0 Å². The molecular weight excluding hydrogens is 340 g/mol. The van der Waals surface area contributed by atoms with Crippen molar-refractivity contribution in [2.24, 2.45) is 11.8 Å². The van der Waals surface area contributed by atoms with Crippen LogP contribution in [0.15, 0.2) is 24.3 Å². The largest absolute Gasteiger partial charge is 0.352 e. The van der Waals surface area contributed by atoms with Crippen molar-refractivity contribution in [3.8, 4) is 0 Å². The molecule has 7 heteroatoms. The van der Waals surface area contributed by atoms with E-state index in [0.29, 0.717) is 23.1 Å². The monoisotopic (exact) mass is 364 g/mol. The van der Waals surface area contributed by atoms with Gasteiger partial charge in [0.15, 0.2) is 5.78 Å². The summed E-state index contributed by atoms with van der Waals surface area (Å²) < 4.78 is 25.4. The van der Waals surface area contributed by atoms with Gasteiger partial charge >= 0.3 is 0 Å². The molecule has 3 rings (SSSR count). The molecule has 2 aliphatic carbocycles. The summed E-state index contributed by atoms with van der Waals surface area (Å²) in [5.74, 6) is 0.785. The smallest absolute Gasteiger partial charge is 0.241 e. The quantitative estimate of drug-likeness (QED) is 0.782. The highest BCUT2D eigenvalue weighted by Gasteiger charge is 2.40. The Morgan fingerprint density at radius 1 is 1.24 bits per heavy atom. The Bertz CT molecular complexity index is 790. The number of benzene rings is 1. The molecule has 0 aliphatic heterocycles. The van der Waals surface area contributed by atoms with Crippen LogP contribution < -0.4 is 9.62 Å². The first-order valence-electron chi connectivity index (χ1n) is 8.62. The number of carbonyl (C=O) groups excluding carboxylic acids is 2. The number of fused-ring (bicyclic) bond motifs is 2. The van der Waals surface area contributed by atoms with Gasteiger partial charge in [0.05, 0.1) is 11.9 Å². The summed E-state index contributed by atoms with van der Waals surface area (Å²) >= 11 is 0. The zero-order valence-corrected chi connectivity index (χ0v) is 15.4.